The highest BCUT2D eigenvalue weighted by Crippen LogP contribution is 2.38. The number of halogens is 1. The van der Waals surface area contributed by atoms with Crippen molar-refractivity contribution in [2.24, 2.45) is 5.41 Å². The van der Waals surface area contributed by atoms with Gasteiger partial charge in [-0.25, -0.2) is 0 Å². The van der Waals surface area contributed by atoms with Crippen LogP contribution in [0, 0.1) is 5.41 Å². The van der Waals surface area contributed by atoms with Gasteiger partial charge in [0, 0.05) is 5.02 Å². The zero-order chi connectivity index (χ0) is 15.4. The van der Waals surface area contributed by atoms with E-state index >= 15 is 0 Å². The Morgan fingerprint density at radius 2 is 1.95 bits per heavy atom. The number of hydrogen-bond donors (Lipinski definition) is 2. The summed E-state index contributed by atoms with van der Waals surface area (Å²) in [5, 5.41) is 11.0. The Balaban J connectivity index is 2.59. The average molecular weight is 321 g/mol. The molecule has 6 heteroatoms. The van der Waals surface area contributed by atoms with Gasteiger partial charge in [0.15, 0.2) is 0 Å². The number of hydrogen-bond acceptors (Lipinski definition) is 3. The Labute approximate surface area is 125 Å². The van der Waals surface area contributed by atoms with Crippen molar-refractivity contribution in [3.63, 3.8) is 0 Å². The molecule has 0 heterocycles. The molecular formula is C14H21ClO4S. The van der Waals surface area contributed by atoms with E-state index in [0.717, 1.165) is 5.56 Å². The molecule has 0 amide bonds. The van der Waals surface area contributed by atoms with Gasteiger partial charge in [-0.2, -0.15) is 8.42 Å². The molecule has 0 saturated heterocycles. The van der Waals surface area contributed by atoms with Crippen LogP contribution in [0.5, 0.6) is 0 Å². The third kappa shape index (κ3) is 5.79. The maximum Gasteiger partial charge on any atom is 0.264 e. The molecule has 2 N–H and O–H groups in total. The molecule has 1 rings (SSSR count). The van der Waals surface area contributed by atoms with Crippen molar-refractivity contribution >= 4 is 21.7 Å². The second-order valence-corrected chi connectivity index (χ2v) is 7.70. The van der Waals surface area contributed by atoms with Gasteiger partial charge in [-0.1, -0.05) is 44.0 Å². The summed E-state index contributed by atoms with van der Waals surface area (Å²) >= 11 is 5.91. The Bertz CT molecular complexity index is 540. The topological polar surface area (TPSA) is 74.6 Å². The van der Waals surface area contributed by atoms with Gasteiger partial charge < -0.3 is 5.11 Å². The molecule has 0 saturated carbocycles. The van der Waals surface area contributed by atoms with E-state index in [-0.39, 0.29) is 5.75 Å². The minimum atomic E-state index is -3.90. The van der Waals surface area contributed by atoms with Crippen LogP contribution in [0.2, 0.25) is 5.02 Å². The monoisotopic (exact) mass is 320 g/mol. The molecule has 1 unspecified atom stereocenters. The van der Waals surface area contributed by atoms with Gasteiger partial charge in [-0.05, 0) is 36.0 Å². The van der Waals surface area contributed by atoms with Crippen LogP contribution in [0.25, 0.3) is 0 Å². The molecule has 0 radical (unpaired) electrons. The lowest BCUT2D eigenvalue weighted by Crippen LogP contribution is -2.22. The van der Waals surface area contributed by atoms with Crippen LogP contribution in [0.3, 0.4) is 0 Å². The summed E-state index contributed by atoms with van der Waals surface area (Å²) in [4.78, 5) is 0. The van der Waals surface area contributed by atoms with Gasteiger partial charge in [0.2, 0.25) is 0 Å². The van der Waals surface area contributed by atoms with E-state index in [0.29, 0.717) is 24.3 Å². The van der Waals surface area contributed by atoms with Crippen molar-refractivity contribution < 1.29 is 18.1 Å². The normalized spacial score (nSPS) is 14.2. The predicted octanol–water partition coefficient (Wildman–Crippen LogP) is 3.46. The quantitative estimate of drug-likeness (QED) is 0.596. The molecule has 20 heavy (non-hydrogen) atoms. The first-order chi connectivity index (χ1) is 9.12. The van der Waals surface area contributed by atoms with E-state index < -0.39 is 21.6 Å². The van der Waals surface area contributed by atoms with Crippen LogP contribution in [-0.2, 0) is 10.1 Å². The third-order valence-electron chi connectivity index (χ3n) is 3.38. The SMILES string of the molecule is CC(C)(CCCCS(=O)(=O)O)C(O)c1cccc(Cl)c1. The number of unbranched alkanes of at least 4 members (excludes halogenated alkanes) is 1. The molecular weight excluding hydrogens is 300 g/mol. The van der Waals surface area contributed by atoms with Gasteiger partial charge in [0.1, 0.15) is 0 Å². The van der Waals surface area contributed by atoms with Gasteiger partial charge >= 0.3 is 0 Å². The van der Waals surface area contributed by atoms with Crippen LogP contribution >= 0.6 is 11.6 Å². The van der Waals surface area contributed by atoms with Crippen LogP contribution in [0.15, 0.2) is 24.3 Å². The van der Waals surface area contributed by atoms with E-state index in [4.69, 9.17) is 16.2 Å². The molecule has 0 aliphatic carbocycles. The Morgan fingerprint density at radius 1 is 1.30 bits per heavy atom. The van der Waals surface area contributed by atoms with Crippen molar-refractivity contribution in [2.45, 2.75) is 39.2 Å². The summed E-state index contributed by atoms with van der Waals surface area (Å²) in [7, 11) is -3.90. The van der Waals surface area contributed by atoms with Gasteiger partial charge in [0.05, 0.1) is 11.9 Å². The molecule has 1 aromatic rings. The highest BCUT2D eigenvalue weighted by atomic mass is 35.5. The smallest absolute Gasteiger partial charge is 0.264 e. The largest absolute Gasteiger partial charge is 0.388 e. The predicted molar refractivity (Wildman–Crippen MR) is 80.5 cm³/mol. The molecule has 0 aromatic heterocycles. The molecule has 0 fully saturated rings. The average Bonchev–Trinajstić information content (AvgIpc) is 2.32. The Kier molecular flexibility index (Phi) is 6.01. The summed E-state index contributed by atoms with van der Waals surface area (Å²) in [5.41, 5.74) is 0.349. The lowest BCUT2D eigenvalue weighted by atomic mass is 9.78. The maximum atomic E-state index is 10.6. The molecule has 0 aliphatic heterocycles. The zero-order valence-electron chi connectivity index (χ0n) is 11.7. The summed E-state index contributed by atoms with van der Waals surface area (Å²) in [5.74, 6) is -0.240. The number of aliphatic hydroxyl groups excluding tert-OH is 1. The highest BCUT2D eigenvalue weighted by Gasteiger charge is 2.28. The summed E-state index contributed by atoms with van der Waals surface area (Å²) in [6, 6.07) is 7.08. The van der Waals surface area contributed by atoms with Crippen molar-refractivity contribution in [1.29, 1.82) is 0 Å². The Morgan fingerprint density at radius 3 is 2.50 bits per heavy atom. The first-order valence-corrected chi connectivity index (χ1v) is 8.49. The summed E-state index contributed by atoms with van der Waals surface area (Å²) < 4.78 is 30.0. The van der Waals surface area contributed by atoms with Gasteiger partial charge in [-0.3, -0.25) is 4.55 Å². The molecule has 0 aliphatic rings. The molecule has 1 atom stereocenters. The molecule has 1 aromatic carbocycles. The molecule has 0 spiro atoms. The van der Waals surface area contributed by atoms with E-state index in [2.05, 4.69) is 0 Å². The highest BCUT2D eigenvalue weighted by molar-refractivity contribution is 7.85. The number of aliphatic hydroxyl groups is 1. The second kappa shape index (κ2) is 6.89. The lowest BCUT2D eigenvalue weighted by Gasteiger charge is -2.31. The van der Waals surface area contributed by atoms with Crippen LogP contribution < -0.4 is 0 Å². The van der Waals surface area contributed by atoms with E-state index in [1.54, 1.807) is 18.2 Å². The van der Waals surface area contributed by atoms with Crippen molar-refractivity contribution in [1.82, 2.24) is 0 Å². The summed E-state index contributed by atoms with van der Waals surface area (Å²) in [6.07, 6.45) is 0.970. The molecule has 4 nitrogen and oxygen atoms in total. The zero-order valence-corrected chi connectivity index (χ0v) is 13.3. The molecule has 114 valence electrons. The van der Waals surface area contributed by atoms with Crippen molar-refractivity contribution in [3.05, 3.63) is 34.9 Å². The minimum absolute atomic E-state index is 0.240. The van der Waals surface area contributed by atoms with Crippen molar-refractivity contribution in [3.8, 4) is 0 Å². The fraction of sp³-hybridized carbons (Fsp3) is 0.571. The lowest BCUT2D eigenvalue weighted by molar-refractivity contribution is 0.0414. The van der Waals surface area contributed by atoms with Crippen LogP contribution in [-0.4, -0.2) is 23.8 Å². The maximum absolute atomic E-state index is 10.6. The fourth-order valence-corrected chi connectivity index (χ4v) is 2.90. The first-order valence-electron chi connectivity index (χ1n) is 6.50. The van der Waals surface area contributed by atoms with E-state index in [9.17, 15) is 13.5 Å². The number of rotatable bonds is 7. The van der Waals surface area contributed by atoms with Crippen LogP contribution in [0.1, 0.15) is 44.8 Å². The third-order valence-corrected chi connectivity index (χ3v) is 4.42. The van der Waals surface area contributed by atoms with Gasteiger partial charge in [0.25, 0.3) is 10.1 Å². The minimum Gasteiger partial charge on any atom is -0.388 e. The van der Waals surface area contributed by atoms with Gasteiger partial charge in [-0.15, -0.1) is 0 Å². The van der Waals surface area contributed by atoms with Crippen molar-refractivity contribution in [2.75, 3.05) is 5.75 Å². The standard InChI is InChI=1S/C14H21ClO4S/c1-14(2,8-3-4-9-20(17,18)19)13(16)11-6-5-7-12(15)10-11/h5-7,10,13,16H,3-4,8-9H2,1-2H3,(H,17,18,19). The first kappa shape index (κ1) is 17.4. The summed E-state index contributed by atoms with van der Waals surface area (Å²) in [6.45, 7) is 3.85. The second-order valence-electron chi connectivity index (χ2n) is 5.69. The van der Waals surface area contributed by atoms with E-state index in [1.807, 2.05) is 19.9 Å². The molecule has 0 bridgehead atoms. The Hall–Kier alpha value is -0.620. The van der Waals surface area contributed by atoms with E-state index in [1.165, 1.54) is 0 Å². The number of benzene rings is 1. The fourth-order valence-electron chi connectivity index (χ4n) is 2.13. The van der Waals surface area contributed by atoms with Crippen LogP contribution in [0.4, 0.5) is 0 Å².